The van der Waals surface area contributed by atoms with Crippen LogP contribution in [0, 0.1) is 6.92 Å². The van der Waals surface area contributed by atoms with Crippen LogP contribution in [-0.2, 0) is 19.7 Å². The van der Waals surface area contributed by atoms with Crippen molar-refractivity contribution in [1.82, 2.24) is 0 Å². The number of sulfone groups is 2. The number of phenols is 2. The molecule has 0 aromatic heterocycles. The number of nitrogens with one attached hydrogen (secondary N) is 1. The van der Waals surface area contributed by atoms with Crippen molar-refractivity contribution >= 4 is 58.9 Å². The molecule has 4 aromatic carbocycles. The van der Waals surface area contributed by atoms with Gasteiger partial charge in [-0.25, -0.2) is 16.8 Å². The lowest BCUT2D eigenvalue weighted by molar-refractivity contribution is 0.396. The average molecular weight is 626 g/mol. The molecule has 0 amide bonds. The lowest BCUT2D eigenvalue weighted by atomic mass is 10.1. The van der Waals surface area contributed by atoms with Crippen LogP contribution in [0.4, 0.5) is 28.4 Å². The molecule has 0 bridgehead atoms. The van der Waals surface area contributed by atoms with Crippen molar-refractivity contribution in [1.29, 1.82) is 0 Å². The van der Waals surface area contributed by atoms with Crippen LogP contribution in [0.5, 0.6) is 17.2 Å². The summed E-state index contributed by atoms with van der Waals surface area (Å²) in [5, 5.41) is 42.3. The van der Waals surface area contributed by atoms with Crippen LogP contribution in [0.3, 0.4) is 0 Å². The highest BCUT2D eigenvalue weighted by Crippen LogP contribution is 2.44. The molecule has 0 aliphatic carbocycles. The maximum Gasteiger partial charge on any atom is 0.181 e. The van der Waals surface area contributed by atoms with E-state index in [2.05, 4.69) is 25.8 Å². The van der Waals surface area contributed by atoms with E-state index in [1.165, 1.54) is 32.2 Å². The van der Waals surface area contributed by atoms with Crippen LogP contribution >= 0.6 is 0 Å². The van der Waals surface area contributed by atoms with E-state index >= 15 is 0 Å². The number of aryl methyl sites for hydroxylation is 1. The van der Waals surface area contributed by atoms with E-state index in [4.69, 9.17) is 4.74 Å². The first-order valence-electron chi connectivity index (χ1n) is 13.1. The predicted octanol–water partition coefficient (Wildman–Crippen LogP) is 7.03. The van der Waals surface area contributed by atoms with Gasteiger partial charge >= 0.3 is 0 Å². The Balaban J connectivity index is 1.75. The Bertz CT molecular complexity index is 1990. The highest BCUT2D eigenvalue weighted by atomic mass is 32.2. The minimum absolute atomic E-state index is 0.0110. The fraction of sp³-hybridized carbons (Fsp3) is 0.241. The number of benzene rings is 4. The van der Waals surface area contributed by atoms with Crippen molar-refractivity contribution in [2.45, 2.75) is 30.6 Å². The molecular weight excluding hydrogens is 594 g/mol. The van der Waals surface area contributed by atoms with E-state index in [1.54, 1.807) is 51.2 Å². The third-order valence-electron chi connectivity index (χ3n) is 6.80. The van der Waals surface area contributed by atoms with Crippen molar-refractivity contribution < 1.29 is 31.8 Å². The molecule has 0 spiro atoms. The molecule has 3 N–H and O–H groups in total. The molecule has 0 heterocycles. The number of hydrogen-bond donors (Lipinski definition) is 3. The number of ether oxygens (including phenoxy) is 1. The number of aromatic hydroxyl groups is 2. The third kappa shape index (κ3) is 6.29. The number of fused-ring (bicyclic) bond motifs is 1. The molecular formula is C29H31N5O7S2. The van der Waals surface area contributed by atoms with Crippen molar-refractivity contribution in [3.63, 3.8) is 0 Å². The van der Waals surface area contributed by atoms with Crippen LogP contribution < -0.4 is 10.1 Å². The van der Waals surface area contributed by atoms with Gasteiger partial charge < -0.3 is 20.3 Å². The van der Waals surface area contributed by atoms with Crippen LogP contribution in [0.2, 0.25) is 0 Å². The summed E-state index contributed by atoms with van der Waals surface area (Å²) in [6.07, 6.45) is 0. The van der Waals surface area contributed by atoms with Crippen molar-refractivity contribution in [3.8, 4) is 17.2 Å². The third-order valence-corrected chi connectivity index (χ3v) is 10.3. The predicted molar refractivity (Wildman–Crippen MR) is 165 cm³/mol. The van der Waals surface area contributed by atoms with Gasteiger partial charge in [0.25, 0.3) is 0 Å². The topological polar surface area (TPSA) is 179 Å². The number of rotatable bonds is 10. The number of nitrogens with zero attached hydrogens (tertiary/aromatic N) is 4. The summed E-state index contributed by atoms with van der Waals surface area (Å²) in [5.74, 6) is -0.794. The molecule has 14 heteroatoms. The molecule has 0 saturated heterocycles. The minimum Gasteiger partial charge on any atom is -0.505 e. The van der Waals surface area contributed by atoms with Gasteiger partial charge in [-0.3, -0.25) is 0 Å². The second-order valence-corrected chi connectivity index (χ2v) is 13.9. The molecule has 12 nitrogen and oxygen atoms in total. The lowest BCUT2D eigenvalue weighted by Gasteiger charge is -2.11. The zero-order valence-corrected chi connectivity index (χ0v) is 25.8. The summed E-state index contributed by atoms with van der Waals surface area (Å²) in [6, 6.07) is 13.5. The zero-order valence-electron chi connectivity index (χ0n) is 24.2. The van der Waals surface area contributed by atoms with E-state index in [-0.39, 0.29) is 49.9 Å². The normalized spacial score (nSPS) is 12.4. The van der Waals surface area contributed by atoms with Crippen LogP contribution in [0.1, 0.15) is 19.4 Å². The molecule has 226 valence electrons. The molecule has 0 radical (unpaired) electrons. The van der Waals surface area contributed by atoms with Crippen LogP contribution in [0.25, 0.3) is 10.8 Å². The number of hydrogen-bond acceptors (Lipinski definition) is 12. The first kappa shape index (κ1) is 31.4. The molecule has 0 unspecified atom stereocenters. The van der Waals surface area contributed by atoms with Crippen molar-refractivity contribution in [2.75, 3.05) is 31.0 Å². The van der Waals surface area contributed by atoms with E-state index in [9.17, 15) is 27.0 Å². The standard InChI is InChI=1S/C29H31N5O7S2/c1-6-42(37,38)18-8-11-21(17(3)14-18)31-34-28-19-9-13-23(29(36)20(19)10-12-22(28)30-4)32-33-24-15-27(43(39,40)7-2)26(41-5)16-25(24)35/h8-16,30,35-36H,6-7H2,1-5H3/b33-32+,34-31+. The Morgan fingerprint density at radius 3 is 2.02 bits per heavy atom. The second kappa shape index (κ2) is 12.4. The summed E-state index contributed by atoms with van der Waals surface area (Å²) in [7, 11) is -4.04. The molecule has 43 heavy (non-hydrogen) atoms. The van der Waals surface area contributed by atoms with Gasteiger partial charge in [0, 0.05) is 23.9 Å². The number of methoxy groups -OCH3 is 1. The van der Waals surface area contributed by atoms with Crippen molar-refractivity contribution in [3.05, 3.63) is 60.2 Å². The Morgan fingerprint density at radius 2 is 1.40 bits per heavy atom. The fourth-order valence-electron chi connectivity index (χ4n) is 4.24. The van der Waals surface area contributed by atoms with E-state index < -0.39 is 19.7 Å². The van der Waals surface area contributed by atoms with E-state index in [0.717, 1.165) is 6.07 Å². The maximum atomic E-state index is 12.5. The Hall–Kier alpha value is -4.56. The Morgan fingerprint density at radius 1 is 0.767 bits per heavy atom. The summed E-state index contributed by atoms with van der Waals surface area (Å²) < 4.78 is 54.6. The SMILES string of the molecule is CCS(=O)(=O)c1ccc(/N=N/c2c(NC)ccc3c(O)c(/N=N/c4cc(S(=O)(=O)CC)c(OC)cc4O)ccc23)c(C)c1. The Labute approximate surface area is 249 Å². The first-order valence-corrected chi connectivity index (χ1v) is 16.4. The monoisotopic (exact) mass is 625 g/mol. The highest BCUT2D eigenvalue weighted by Gasteiger charge is 2.21. The quantitative estimate of drug-likeness (QED) is 0.157. The molecule has 0 aliphatic rings. The molecule has 0 fully saturated rings. The molecule has 0 atom stereocenters. The largest absolute Gasteiger partial charge is 0.505 e. The van der Waals surface area contributed by atoms with E-state index in [0.29, 0.717) is 33.4 Å². The van der Waals surface area contributed by atoms with Crippen LogP contribution in [0.15, 0.2) is 84.8 Å². The van der Waals surface area contributed by atoms with Gasteiger partial charge in [0.2, 0.25) is 0 Å². The summed E-state index contributed by atoms with van der Waals surface area (Å²) in [6.45, 7) is 4.81. The number of azo groups is 2. The summed E-state index contributed by atoms with van der Waals surface area (Å²) >= 11 is 0. The molecule has 0 aliphatic heterocycles. The summed E-state index contributed by atoms with van der Waals surface area (Å²) in [5.41, 5.74) is 2.09. The number of anilines is 1. The molecule has 4 aromatic rings. The van der Waals surface area contributed by atoms with Gasteiger partial charge in [-0.05, 0) is 61.0 Å². The summed E-state index contributed by atoms with van der Waals surface area (Å²) in [4.78, 5) is 0.0729. The Kier molecular flexibility index (Phi) is 9.01. The van der Waals surface area contributed by atoms with Gasteiger partial charge in [0.05, 0.1) is 34.9 Å². The van der Waals surface area contributed by atoms with Crippen LogP contribution in [-0.4, -0.2) is 52.7 Å². The van der Waals surface area contributed by atoms with Gasteiger partial charge in [-0.1, -0.05) is 13.8 Å². The van der Waals surface area contributed by atoms with Gasteiger partial charge in [-0.2, -0.15) is 5.11 Å². The van der Waals surface area contributed by atoms with Crippen molar-refractivity contribution in [2.24, 2.45) is 20.5 Å². The molecule has 4 rings (SSSR count). The van der Waals surface area contributed by atoms with Gasteiger partial charge in [0.1, 0.15) is 33.5 Å². The minimum atomic E-state index is -3.69. The second-order valence-electron chi connectivity index (χ2n) is 9.39. The lowest BCUT2D eigenvalue weighted by Crippen LogP contribution is -2.05. The first-order chi connectivity index (χ1) is 20.4. The zero-order chi connectivity index (χ0) is 31.5. The highest BCUT2D eigenvalue weighted by molar-refractivity contribution is 7.91. The fourth-order valence-corrected chi connectivity index (χ4v) is 6.26. The van der Waals surface area contributed by atoms with Gasteiger partial charge in [-0.15, -0.1) is 15.3 Å². The smallest absolute Gasteiger partial charge is 0.181 e. The maximum absolute atomic E-state index is 12.5. The average Bonchev–Trinajstić information content (AvgIpc) is 3.00. The van der Waals surface area contributed by atoms with Gasteiger partial charge in [0.15, 0.2) is 25.4 Å². The molecule has 0 saturated carbocycles. The number of phenolic OH excluding ortho intramolecular Hbond substituents is 2. The van der Waals surface area contributed by atoms with E-state index in [1.807, 2.05) is 0 Å².